The molecule has 0 fully saturated rings. The van der Waals surface area contributed by atoms with Crippen LogP contribution in [0.4, 0.5) is 4.79 Å². The highest BCUT2D eigenvalue weighted by Crippen LogP contribution is 1.84. The molecule has 0 saturated carbocycles. The van der Waals surface area contributed by atoms with Gasteiger partial charge in [0.2, 0.25) is 0 Å². The molecular weight excluding hydrogens is 232 g/mol. The third-order valence-corrected chi connectivity index (χ3v) is 2.14. The highest BCUT2D eigenvalue weighted by molar-refractivity contribution is 7.88. The number of aliphatic hydroxyl groups is 1. The van der Waals surface area contributed by atoms with Crippen LogP contribution in [0.5, 0.6) is 0 Å². The quantitative estimate of drug-likeness (QED) is 0.421. The van der Waals surface area contributed by atoms with Crippen molar-refractivity contribution in [2.24, 2.45) is 0 Å². The Morgan fingerprint density at radius 3 is 2.40 bits per heavy atom. The molecule has 88 valence electrons. The van der Waals surface area contributed by atoms with Crippen LogP contribution >= 0.6 is 0 Å². The minimum atomic E-state index is -4.22. The monoisotopic (exact) mass is 242 g/mol. The molecule has 0 aromatic rings. The molecule has 0 saturated heterocycles. The summed E-state index contributed by atoms with van der Waals surface area (Å²) in [4.78, 5) is 20.6. The summed E-state index contributed by atoms with van der Waals surface area (Å²) >= 11 is 0. The van der Waals surface area contributed by atoms with E-state index in [1.165, 1.54) is 4.72 Å². The van der Waals surface area contributed by atoms with Crippen molar-refractivity contribution in [2.45, 2.75) is 6.10 Å². The van der Waals surface area contributed by atoms with Crippen molar-refractivity contribution in [1.29, 1.82) is 0 Å². The van der Waals surface area contributed by atoms with E-state index >= 15 is 0 Å². The number of carbonyl (C=O) groups is 2. The number of carboxylic acids is 1. The van der Waals surface area contributed by atoms with E-state index in [0.29, 0.717) is 0 Å². The maximum absolute atomic E-state index is 10.9. The first-order chi connectivity index (χ1) is 6.78. The third-order valence-electron chi connectivity index (χ3n) is 1.15. The van der Waals surface area contributed by atoms with Gasteiger partial charge in [0.25, 0.3) is 0 Å². The number of hydrogen-bond acceptors (Lipinski definition) is 6. The number of ether oxygens (including phenoxy) is 1. The first kappa shape index (κ1) is 13.6. The standard InChI is InChI=1S/C5H10N2O7S/c1-14-5(11)7-15(12,13)6-2-3(8)4(9)10/h3,6,8H,2H2,1H3,(H,7,11)(H,9,10)/t3-/m0/s1. The Bertz CT molecular complexity index is 337. The Hall–Kier alpha value is -1.39. The second-order valence-electron chi connectivity index (χ2n) is 2.30. The van der Waals surface area contributed by atoms with E-state index in [2.05, 4.69) is 4.74 Å². The van der Waals surface area contributed by atoms with Crippen molar-refractivity contribution >= 4 is 22.3 Å². The molecule has 0 bridgehead atoms. The van der Waals surface area contributed by atoms with E-state index in [4.69, 9.17) is 10.2 Å². The Morgan fingerprint density at radius 1 is 1.47 bits per heavy atom. The van der Waals surface area contributed by atoms with Crippen LogP contribution in [0, 0.1) is 0 Å². The molecule has 1 atom stereocenters. The van der Waals surface area contributed by atoms with Crippen LogP contribution in [0.1, 0.15) is 0 Å². The zero-order valence-corrected chi connectivity index (χ0v) is 8.44. The molecule has 0 rings (SSSR count). The van der Waals surface area contributed by atoms with Crippen LogP contribution in [0.2, 0.25) is 0 Å². The van der Waals surface area contributed by atoms with E-state index in [1.807, 2.05) is 0 Å². The fourth-order valence-electron chi connectivity index (χ4n) is 0.463. The van der Waals surface area contributed by atoms with Crippen molar-refractivity contribution < 1.29 is 33.0 Å². The molecule has 0 aromatic heterocycles. The molecule has 0 aliphatic carbocycles. The van der Waals surface area contributed by atoms with Crippen molar-refractivity contribution in [3.05, 3.63) is 0 Å². The van der Waals surface area contributed by atoms with Gasteiger partial charge in [0.05, 0.1) is 7.11 Å². The zero-order chi connectivity index (χ0) is 12.1. The SMILES string of the molecule is COC(=O)NS(=O)(=O)NC[C@H](O)C(=O)O. The summed E-state index contributed by atoms with van der Waals surface area (Å²) < 4.78 is 28.8. The lowest BCUT2D eigenvalue weighted by molar-refractivity contribution is -0.146. The summed E-state index contributed by atoms with van der Waals surface area (Å²) in [7, 11) is -3.26. The number of methoxy groups -OCH3 is 1. The van der Waals surface area contributed by atoms with E-state index < -0.39 is 34.9 Å². The predicted molar refractivity (Wildman–Crippen MR) is 46.1 cm³/mol. The third kappa shape index (κ3) is 5.83. The van der Waals surface area contributed by atoms with Crippen molar-refractivity contribution in [1.82, 2.24) is 9.44 Å². The lowest BCUT2D eigenvalue weighted by Gasteiger charge is -2.08. The summed E-state index contributed by atoms with van der Waals surface area (Å²) in [6.07, 6.45) is -3.12. The average Bonchev–Trinajstić information content (AvgIpc) is 2.13. The number of carbonyl (C=O) groups excluding carboxylic acids is 1. The molecule has 0 aliphatic rings. The number of carboxylic acid groups (broad SMARTS) is 1. The predicted octanol–water partition coefficient (Wildman–Crippen LogP) is -2.38. The van der Waals surface area contributed by atoms with E-state index in [0.717, 1.165) is 7.11 Å². The maximum Gasteiger partial charge on any atom is 0.421 e. The summed E-state index contributed by atoms with van der Waals surface area (Å²) in [5.74, 6) is -1.59. The molecule has 0 spiro atoms. The molecule has 10 heteroatoms. The topological polar surface area (TPSA) is 142 Å². The van der Waals surface area contributed by atoms with Gasteiger partial charge >= 0.3 is 22.3 Å². The molecular formula is C5H10N2O7S. The molecule has 0 aliphatic heterocycles. The highest BCUT2D eigenvalue weighted by Gasteiger charge is 2.19. The van der Waals surface area contributed by atoms with E-state index in [-0.39, 0.29) is 0 Å². The van der Waals surface area contributed by atoms with Crippen LogP contribution in [0.3, 0.4) is 0 Å². The molecule has 0 heterocycles. The number of aliphatic carboxylic acids is 1. The van der Waals surface area contributed by atoms with Gasteiger partial charge in [-0.2, -0.15) is 13.1 Å². The van der Waals surface area contributed by atoms with Crippen molar-refractivity contribution in [3.8, 4) is 0 Å². The second-order valence-corrected chi connectivity index (χ2v) is 3.80. The smallest absolute Gasteiger partial charge is 0.421 e. The van der Waals surface area contributed by atoms with Gasteiger partial charge in [-0.3, -0.25) is 0 Å². The number of rotatable bonds is 5. The van der Waals surface area contributed by atoms with E-state index in [9.17, 15) is 18.0 Å². The molecule has 0 unspecified atom stereocenters. The summed E-state index contributed by atoms with van der Waals surface area (Å²) in [5, 5.41) is 16.9. The van der Waals surface area contributed by atoms with Crippen LogP contribution in [-0.2, 0) is 19.7 Å². The maximum atomic E-state index is 10.9. The first-order valence-corrected chi connectivity index (χ1v) is 5.03. The summed E-state index contributed by atoms with van der Waals surface area (Å²) in [6, 6.07) is 0. The fraction of sp³-hybridized carbons (Fsp3) is 0.600. The molecule has 0 radical (unpaired) electrons. The minimum absolute atomic E-state index is 0.762. The summed E-state index contributed by atoms with van der Waals surface area (Å²) in [5.41, 5.74) is 0. The van der Waals surface area contributed by atoms with Gasteiger partial charge in [-0.05, 0) is 0 Å². The van der Waals surface area contributed by atoms with Gasteiger partial charge in [0, 0.05) is 6.54 Å². The molecule has 15 heavy (non-hydrogen) atoms. The van der Waals surface area contributed by atoms with Crippen LogP contribution in [-0.4, -0.2) is 50.5 Å². The van der Waals surface area contributed by atoms with Gasteiger partial charge < -0.3 is 14.9 Å². The van der Waals surface area contributed by atoms with Crippen LogP contribution in [0.25, 0.3) is 0 Å². The number of aliphatic hydroxyl groups excluding tert-OH is 1. The second kappa shape index (κ2) is 5.48. The number of nitrogens with one attached hydrogen (secondary N) is 2. The lowest BCUT2D eigenvalue weighted by Crippen LogP contribution is -2.44. The highest BCUT2D eigenvalue weighted by atomic mass is 32.2. The van der Waals surface area contributed by atoms with Gasteiger partial charge in [-0.25, -0.2) is 14.3 Å². The van der Waals surface area contributed by atoms with Crippen LogP contribution in [0.15, 0.2) is 0 Å². The fourth-order valence-corrected chi connectivity index (χ4v) is 1.22. The largest absolute Gasteiger partial charge is 0.479 e. The average molecular weight is 242 g/mol. The van der Waals surface area contributed by atoms with Gasteiger partial charge in [0.15, 0.2) is 6.10 Å². The first-order valence-electron chi connectivity index (χ1n) is 3.54. The zero-order valence-electron chi connectivity index (χ0n) is 7.63. The Kier molecular flexibility index (Phi) is 4.97. The normalized spacial score (nSPS) is 12.9. The Labute approximate surface area is 85.2 Å². The van der Waals surface area contributed by atoms with E-state index in [1.54, 1.807) is 4.72 Å². The van der Waals surface area contributed by atoms with Crippen molar-refractivity contribution in [2.75, 3.05) is 13.7 Å². The molecule has 0 aromatic carbocycles. The van der Waals surface area contributed by atoms with Crippen LogP contribution < -0.4 is 9.44 Å². The van der Waals surface area contributed by atoms with Gasteiger partial charge in [-0.15, -0.1) is 0 Å². The summed E-state index contributed by atoms with van der Waals surface area (Å²) in [6.45, 7) is -0.762. The molecule has 4 N–H and O–H groups in total. The minimum Gasteiger partial charge on any atom is -0.479 e. The van der Waals surface area contributed by atoms with Gasteiger partial charge in [-0.1, -0.05) is 0 Å². The number of hydrogen-bond donors (Lipinski definition) is 4. The number of amides is 1. The molecule has 1 amide bonds. The Morgan fingerprint density at radius 2 is 2.00 bits per heavy atom. The Balaban J connectivity index is 4.17. The van der Waals surface area contributed by atoms with Gasteiger partial charge in [0.1, 0.15) is 0 Å². The molecule has 9 nitrogen and oxygen atoms in total. The van der Waals surface area contributed by atoms with Crippen molar-refractivity contribution in [3.63, 3.8) is 0 Å². The lowest BCUT2D eigenvalue weighted by atomic mass is 10.4.